The Balaban J connectivity index is 1.80. The fraction of sp³-hybridized carbons (Fsp3) is 0.167. The SMILES string of the molecule is Cc1cc(C)c2c(C)c(C(=O)N(Cc3cccc(Cl)c3)c3ccccn3)oc2c1. The van der Waals surface area contributed by atoms with Gasteiger partial charge in [-0.05, 0) is 67.8 Å². The summed E-state index contributed by atoms with van der Waals surface area (Å²) in [4.78, 5) is 19.6. The molecule has 1 amide bonds. The van der Waals surface area contributed by atoms with Gasteiger partial charge in [-0.2, -0.15) is 0 Å². The number of carbonyl (C=O) groups excluding carboxylic acids is 1. The molecule has 0 unspecified atom stereocenters. The smallest absolute Gasteiger partial charge is 0.295 e. The highest BCUT2D eigenvalue weighted by molar-refractivity contribution is 6.30. The van der Waals surface area contributed by atoms with Crippen LogP contribution in [-0.4, -0.2) is 10.9 Å². The van der Waals surface area contributed by atoms with Crippen molar-refractivity contribution in [1.29, 1.82) is 0 Å². The molecule has 0 saturated carbocycles. The van der Waals surface area contributed by atoms with E-state index in [1.807, 2.05) is 69.3 Å². The first kappa shape index (κ1) is 19.2. The lowest BCUT2D eigenvalue weighted by Crippen LogP contribution is -2.31. The van der Waals surface area contributed by atoms with E-state index in [9.17, 15) is 4.79 Å². The molecule has 4 rings (SSSR count). The van der Waals surface area contributed by atoms with Gasteiger partial charge in [-0.1, -0.05) is 35.9 Å². The largest absolute Gasteiger partial charge is 0.451 e. The van der Waals surface area contributed by atoms with Gasteiger partial charge in [0.05, 0.1) is 6.54 Å². The average Bonchev–Trinajstić information content (AvgIpc) is 3.03. The van der Waals surface area contributed by atoms with Gasteiger partial charge in [0, 0.05) is 22.2 Å². The molecule has 2 aromatic heterocycles. The number of hydrogen-bond acceptors (Lipinski definition) is 3. The van der Waals surface area contributed by atoms with Gasteiger partial charge in [-0.25, -0.2) is 4.98 Å². The van der Waals surface area contributed by atoms with Crippen LogP contribution in [0.5, 0.6) is 0 Å². The first-order valence-electron chi connectivity index (χ1n) is 9.41. The molecule has 0 fully saturated rings. The lowest BCUT2D eigenvalue weighted by Gasteiger charge is -2.21. The maximum atomic E-state index is 13.6. The minimum atomic E-state index is -0.227. The zero-order valence-electron chi connectivity index (χ0n) is 16.6. The van der Waals surface area contributed by atoms with Crippen molar-refractivity contribution >= 4 is 34.3 Å². The molecular weight excluding hydrogens is 384 g/mol. The summed E-state index contributed by atoms with van der Waals surface area (Å²) in [6.45, 7) is 6.32. The van der Waals surface area contributed by atoms with Crippen molar-refractivity contribution in [2.75, 3.05) is 4.90 Å². The van der Waals surface area contributed by atoms with Crippen LogP contribution in [0.3, 0.4) is 0 Å². The Morgan fingerprint density at radius 3 is 2.62 bits per heavy atom. The van der Waals surface area contributed by atoms with E-state index in [0.717, 1.165) is 33.2 Å². The Hall–Kier alpha value is -3.11. The van der Waals surface area contributed by atoms with E-state index in [1.165, 1.54) is 0 Å². The number of hydrogen-bond donors (Lipinski definition) is 0. The summed E-state index contributed by atoms with van der Waals surface area (Å²) in [7, 11) is 0. The van der Waals surface area contributed by atoms with Gasteiger partial charge in [0.1, 0.15) is 11.4 Å². The van der Waals surface area contributed by atoms with Gasteiger partial charge in [-0.3, -0.25) is 9.69 Å². The Kier molecular flexibility index (Phi) is 5.12. The molecule has 0 aliphatic rings. The monoisotopic (exact) mass is 404 g/mol. The Labute approximate surface area is 174 Å². The number of carbonyl (C=O) groups is 1. The topological polar surface area (TPSA) is 46.3 Å². The van der Waals surface area contributed by atoms with Crippen molar-refractivity contribution in [3.63, 3.8) is 0 Å². The summed E-state index contributed by atoms with van der Waals surface area (Å²) in [5.74, 6) is 0.668. The summed E-state index contributed by atoms with van der Waals surface area (Å²) < 4.78 is 6.04. The quantitative estimate of drug-likeness (QED) is 0.403. The Bertz CT molecular complexity index is 1200. The molecule has 5 heteroatoms. The highest BCUT2D eigenvalue weighted by atomic mass is 35.5. The minimum absolute atomic E-state index is 0.227. The zero-order valence-corrected chi connectivity index (χ0v) is 17.3. The van der Waals surface area contributed by atoms with Crippen molar-refractivity contribution in [3.05, 3.63) is 93.8 Å². The minimum Gasteiger partial charge on any atom is -0.451 e. The molecule has 0 bridgehead atoms. The van der Waals surface area contributed by atoms with E-state index in [-0.39, 0.29) is 5.91 Å². The van der Waals surface area contributed by atoms with E-state index in [4.69, 9.17) is 16.0 Å². The van der Waals surface area contributed by atoms with E-state index < -0.39 is 0 Å². The van der Waals surface area contributed by atoms with E-state index in [0.29, 0.717) is 23.1 Å². The second kappa shape index (κ2) is 7.72. The molecule has 0 atom stereocenters. The van der Waals surface area contributed by atoms with Crippen LogP contribution >= 0.6 is 11.6 Å². The van der Waals surface area contributed by atoms with Gasteiger partial charge in [0.2, 0.25) is 0 Å². The van der Waals surface area contributed by atoms with Gasteiger partial charge in [-0.15, -0.1) is 0 Å². The standard InChI is InChI=1S/C24H21ClN2O2/c1-15-11-16(2)22-17(3)23(29-20(22)12-15)24(28)27(21-9-4-5-10-26-21)14-18-7-6-8-19(25)13-18/h4-13H,14H2,1-3H3. The van der Waals surface area contributed by atoms with Crippen molar-refractivity contribution in [2.45, 2.75) is 27.3 Å². The number of furan rings is 1. The summed E-state index contributed by atoms with van der Waals surface area (Å²) >= 11 is 6.14. The molecule has 29 heavy (non-hydrogen) atoms. The number of amides is 1. The van der Waals surface area contributed by atoms with Crippen LogP contribution in [0.15, 0.2) is 65.2 Å². The van der Waals surface area contributed by atoms with Gasteiger partial charge in [0.15, 0.2) is 5.76 Å². The van der Waals surface area contributed by atoms with Crippen LogP contribution in [0.2, 0.25) is 5.02 Å². The van der Waals surface area contributed by atoms with Crippen LogP contribution in [0, 0.1) is 20.8 Å². The second-order valence-corrected chi connectivity index (χ2v) is 7.66. The molecule has 0 spiro atoms. The predicted octanol–water partition coefficient (Wildman–Crippen LogP) is 6.25. The average molecular weight is 405 g/mol. The van der Waals surface area contributed by atoms with Crippen molar-refractivity contribution in [2.24, 2.45) is 0 Å². The number of halogens is 1. The van der Waals surface area contributed by atoms with Crippen LogP contribution in [0.1, 0.15) is 32.8 Å². The highest BCUT2D eigenvalue weighted by Gasteiger charge is 2.26. The summed E-state index contributed by atoms with van der Waals surface area (Å²) in [5, 5.41) is 1.62. The molecule has 4 aromatic rings. The first-order valence-corrected chi connectivity index (χ1v) is 9.79. The molecule has 0 aliphatic carbocycles. The zero-order chi connectivity index (χ0) is 20.5. The fourth-order valence-electron chi connectivity index (χ4n) is 3.70. The molecule has 0 saturated heterocycles. The number of fused-ring (bicyclic) bond motifs is 1. The van der Waals surface area contributed by atoms with Gasteiger partial charge < -0.3 is 4.42 Å². The normalized spacial score (nSPS) is 11.0. The van der Waals surface area contributed by atoms with Crippen molar-refractivity contribution < 1.29 is 9.21 Å². The lowest BCUT2D eigenvalue weighted by atomic mass is 10.0. The van der Waals surface area contributed by atoms with Gasteiger partial charge >= 0.3 is 0 Å². The maximum Gasteiger partial charge on any atom is 0.295 e. The number of aromatic nitrogens is 1. The van der Waals surface area contributed by atoms with Crippen molar-refractivity contribution in [3.8, 4) is 0 Å². The van der Waals surface area contributed by atoms with E-state index in [1.54, 1.807) is 11.1 Å². The van der Waals surface area contributed by atoms with Crippen LogP contribution in [-0.2, 0) is 6.54 Å². The summed E-state index contributed by atoms with van der Waals surface area (Å²) in [6.07, 6.45) is 1.67. The molecule has 0 radical (unpaired) electrons. The van der Waals surface area contributed by atoms with Crippen LogP contribution < -0.4 is 4.90 Å². The summed E-state index contributed by atoms with van der Waals surface area (Å²) in [6, 6.07) is 17.0. The third-order valence-electron chi connectivity index (χ3n) is 4.97. The molecule has 2 heterocycles. The van der Waals surface area contributed by atoms with Gasteiger partial charge in [0.25, 0.3) is 5.91 Å². The third kappa shape index (κ3) is 3.76. The molecule has 2 aromatic carbocycles. The summed E-state index contributed by atoms with van der Waals surface area (Å²) in [5.41, 5.74) is 4.68. The number of aryl methyl sites for hydroxylation is 3. The lowest BCUT2D eigenvalue weighted by molar-refractivity contribution is 0.0959. The molecule has 0 N–H and O–H groups in total. The molecule has 0 aliphatic heterocycles. The van der Waals surface area contributed by atoms with E-state index in [2.05, 4.69) is 11.1 Å². The molecule has 4 nitrogen and oxygen atoms in total. The predicted molar refractivity (Wildman–Crippen MR) is 117 cm³/mol. The Morgan fingerprint density at radius 1 is 1.07 bits per heavy atom. The fourth-order valence-corrected chi connectivity index (χ4v) is 3.92. The van der Waals surface area contributed by atoms with E-state index >= 15 is 0 Å². The molecular formula is C24H21ClN2O2. The number of benzene rings is 2. The van der Waals surface area contributed by atoms with Crippen LogP contribution in [0.25, 0.3) is 11.0 Å². The van der Waals surface area contributed by atoms with Crippen molar-refractivity contribution in [1.82, 2.24) is 4.98 Å². The number of nitrogens with zero attached hydrogens (tertiary/aromatic N) is 2. The van der Waals surface area contributed by atoms with Crippen LogP contribution in [0.4, 0.5) is 5.82 Å². The maximum absolute atomic E-state index is 13.6. The molecule has 146 valence electrons. The third-order valence-corrected chi connectivity index (χ3v) is 5.20. The Morgan fingerprint density at radius 2 is 1.90 bits per heavy atom. The first-order chi connectivity index (χ1) is 13.9. The highest BCUT2D eigenvalue weighted by Crippen LogP contribution is 2.31. The number of rotatable bonds is 4. The number of pyridine rings is 1. The number of anilines is 1. The second-order valence-electron chi connectivity index (χ2n) is 7.22.